The van der Waals surface area contributed by atoms with Gasteiger partial charge in [-0.1, -0.05) is 34.1 Å². The van der Waals surface area contributed by atoms with E-state index in [-0.39, 0.29) is 0 Å². The predicted octanol–water partition coefficient (Wildman–Crippen LogP) is 2.74. The molecule has 1 rings (SSSR count). The fraction of sp³-hybridized carbons (Fsp3) is 1.00. The third-order valence-electron chi connectivity index (χ3n) is 3.62. The lowest BCUT2D eigenvalue weighted by molar-refractivity contribution is 0.123. The molecule has 0 aromatic rings. The summed E-state index contributed by atoms with van der Waals surface area (Å²) in [6.45, 7) is 14.3. The fourth-order valence-electron chi connectivity index (χ4n) is 2.80. The third kappa shape index (κ3) is 4.42. The molecule has 1 fully saturated rings. The molecule has 2 unspecified atom stereocenters. The van der Waals surface area contributed by atoms with Gasteiger partial charge in [-0.2, -0.15) is 0 Å². The normalized spacial score (nSPS) is 27.6. The first-order valence-electron chi connectivity index (χ1n) is 7.13. The maximum atomic E-state index is 3.72. The molecule has 2 heteroatoms. The van der Waals surface area contributed by atoms with E-state index in [0.29, 0.717) is 0 Å². The second kappa shape index (κ2) is 7.29. The smallest absolute Gasteiger partial charge is 0.0120 e. The summed E-state index contributed by atoms with van der Waals surface area (Å²) in [5.74, 6) is 1.66. The number of hydrogen-bond acceptors (Lipinski definition) is 2. The highest BCUT2D eigenvalue weighted by molar-refractivity contribution is 4.84. The van der Waals surface area contributed by atoms with Crippen LogP contribution in [0, 0.1) is 11.8 Å². The van der Waals surface area contributed by atoms with Crippen molar-refractivity contribution in [3.05, 3.63) is 0 Å². The highest BCUT2D eigenvalue weighted by atomic mass is 15.1. The minimum atomic E-state index is 0.772. The monoisotopic (exact) mass is 226 g/mol. The highest BCUT2D eigenvalue weighted by Crippen LogP contribution is 2.21. The zero-order valence-corrected chi connectivity index (χ0v) is 11.6. The molecule has 0 aromatic heterocycles. The molecule has 0 bridgehead atoms. The minimum absolute atomic E-state index is 0.772. The Kier molecular flexibility index (Phi) is 6.37. The van der Waals surface area contributed by atoms with Gasteiger partial charge < -0.3 is 10.2 Å². The van der Waals surface area contributed by atoms with E-state index in [1.807, 2.05) is 0 Å². The number of rotatable bonds is 6. The molecule has 0 amide bonds. The van der Waals surface area contributed by atoms with Crippen molar-refractivity contribution in [2.75, 3.05) is 26.2 Å². The Morgan fingerprint density at radius 1 is 1.31 bits per heavy atom. The van der Waals surface area contributed by atoms with Gasteiger partial charge in [0.1, 0.15) is 0 Å². The van der Waals surface area contributed by atoms with Crippen molar-refractivity contribution in [1.29, 1.82) is 0 Å². The van der Waals surface area contributed by atoms with Gasteiger partial charge in [-0.15, -0.1) is 0 Å². The van der Waals surface area contributed by atoms with Crippen LogP contribution in [-0.4, -0.2) is 37.1 Å². The molecule has 2 nitrogen and oxygen atoms in total. The Labute approximate surface area is 102 Å². The number of piperidine rings is 1. The summed E-state index contributed by atoms with van der Waals surface area (Å²) in [5.41, 5.74) is 0. The zero-order chi connectivity index (χ0) is 12.0. The molecule has 0 spiro atoms. The van der Waals surface area contributed by atoms with Crippen LogP contribution in [0.5, 0.6) is 0 Å². The van der Waals surface area contributed by atoms with Crippen molar-refractivity contribution in [3.8, 4) is 0 Å². The lowest BCUT2D eigenvalue weighted by Gasteiger charge is -2.39. The van der Waals surface area contributed by atoms with Crippen molar-refractivity contribution >= 4 is 0 Å². The summed E-state index contributed by atoms with van der Waals surface area (Å²) < 4.78 is 0. The van der Waals surface area contributed by atoms with Crippen LogP contribution >= 0.6 is 0 Å². The topological polar surface area (TPSA) is 15.3 Å². The minimum Gasteiger partial charge on any atom is -0.314 e. The van der Waals surface area contributed by atoms with Gasteiger partial charge in [0, 0.05) is 19.1 Å². The molecule has 0 radical (unpaired) electrons. The van der Waals surface area contributed by atoms with E-state index >= 15 is 0 Å². The molecular formula is C14H30N2. The second-order valence-corrected chi connectivity index (χ2v) is 5.67. The quantitative estimate of drug-likeness (QED) is 0.749. The van der Waals surface area contributed by atoms with Gasteiger partial charge >= 0.3 is 0 Å². The van der Waals surface area contributed by atoms with Gasteiger partial charge in [-0.05, 0) is 37.8 Å². The van der Waals surface area contributed by atoms with E-state index in [1.54, 1.807) is 0 Å². The van der Waals surface area contributed by atoms with Crippen molar-refractivity contribution in [2.24, 2.45) is 11.8 Å². The SMILES string of the molecule is CCCNC1CCN(CC(C)C)CC1CC. The summed E-state index contributed by atoms with van der Waals surface area (Å²) in [6.07, 6.45) is 3.91. The molecule has 1 heterocycles. The van der Waals surface area contributed by atoms with Gasteiger partial charge in [0.15, 0.2) is 0 Å². The van der Waals surface area contributed by atoms with Crippen LogP contribution in [0.15, 0.2) is 0 Å². The Morgan fingerprint density at radius 2 is 2.06 bits per heavy atom. The van der Waals surface area contributed by atoms with E-state index in [9.17, 15) is 0 Å². The van der Waals surface area contributed by atoms with Crippen molar-refractivity contribution in [1.82, 2.24) is 10.2 Å². The highest BCUT2D eigenvalue weighted by Gasteiger charge is 2.27. The third-order valence-corrected chi connectivity index (χ3v) is 3.62. The number of nitrogens with zero attached hydrogens (tertiary/aromatic N) is 1. The van der Waals surface area contributed by atoms with E-state index in [2.05, 4.69) is 37.9 Å². The van der Waals surface area contributed by atoms with Crippen LogP contribution in [0.3, 0.4) is 0 Å². The Balaban J connectivity index is 2.37. The van der Waals surface area contributed by atoms with Gasteiger partial charge in [-0.3, -0.25) is 0 Å². The first-order valence-corrected chi connectivity index (χ1v) is 7.13. The lowest BCUT2D eigenvalue weighted by atomic mass is 9.89. The zero-order valence-electron chi connectivity index (χ0n) is 11.6. The van der Waals surface area contributed by atoms with E-state index < -0.39 is 0 Å². The lowest BCUT2D eigenvalue weighted by Crippen LogP contribution is -2.50. The standard InChI is InChI=1S/C14H30N2/c1-5-8-15-14-7-9-16(10-12(3)4)11-13(14)6-2/h12-15H,5-11H2,1-4H3. The molecule has 1 aliphatic heterocycles. The van der Waals surface area contributed by atoms with Crippen LogP contribution in [0.4, 0.5) is 0 Å². The molecule has 1 aliphatic rings. The Bertz CT molecular complexity index is 180. The van der Waals surface area contributed by atoms with Gasteiger partial charge in [0.05, 0.1) is 0 Å². The summed E-state index contributed by atoms with van der Waals surface area (Å²) in [4.78, 5) is 2.66. The maximum Gasteiger partial charge on any atom is 0.0120 e. The molecule has 96 valence electrons. The van der Waals surface area contributed by atoms with E-state index in [4.69, 9.17) is 0 Å². The van der Waals surface area contributed by atoms with E-state index in [1.165, 1.54) is 45.4 Å². The molecule has 16 heavy (non-hydrogen) atoms. The van der Waals surface area contributed by atoms with Crippen LogP contribution in [-0.2, 0) is 0 Å². The Morgan fingerprint density at radius 3 is 2.62 bits per heavy atom. The average molecular weight is 226 g/mol. The van der Waals surface area contributed by atoms with Gasteiger partial charge in [0.25, 0.3) is 0 Å². The molecule has 0 saturated carbocycles. The van der Waals surface area contributed by atoms with Crippen molar-refractivity contribution in [3.63, 3.8) is 0 Å². The fourth-order valence-corrected chi connectivity index (χ4v) is 2.80. The predicted molar refractivity (Wildman–Crippen MR) is 71.8 cm³/mol. The number of nitrogens with one attached hydrogen (secondary N) is 1. The van der Waals surface area contributed by atoms with Crippen LogP contribution in [0.25, 0.3) is 0 Å². The molecule has 2 atom stereocenters. The van der Waals surface area contributed by atoms with E-state index in [0.717, 1.165) is 17.9 Å². The van der Waals surface area contributed by atoms with Gasteiger partial charge in [0.2, 0.25) is 0 Å². The summed E-state index contributed by atoms with van der Waals surface area (Å²) in [7, 11) is 0. The first-order chi connectivity index (χ1) is 7.67. The molecule has 1 saturated heterocycles. The van der Waals surface area contributed by atoms with Gasteiger partial charge in [-0.25, -0.2) is 0 Å². The van der Waals surface area contributed by atoms with Crippen LogP contribution in [0.2, 0.25) is 0 Å². The summed E-state index contributed by atoms with van der Waals surface area (Å²) in [6, 6.07) is 0.772. The van der Waals surface area contributed by atoms with Crippen LogP contribution in [0.1, 0.15) is 47.0 Å². The average Bonchev–Trinajstić information content (AvgIpc) is 2.26. The number of likely N-dealkylation sites (tertiary alicyclic amines) is 1. The largest absolute Gasteiger partial charge is 0.314 e. The van der Waals surface area contributed by atoms with Crippen LogP contribution < -0.4 is 5.32 Å². The molecular weight excluding hydrogens is 196 g/mol. The summed E-state index contributed by atoms with van der Waals surface area (Å²) in [5, 5.41) is 3.72. The van der Waals surface area contributed by atoms with Crippen molar-refractivity contribution in [2.45, 2.75) is 53.0 Å². The first kappa shape index (κ1) is 14.0. The molecule has 1 N–H and O–H groups in total. The second-order valence-electron chi connectivity index (χ2n) is 5.67. The maximum absolute atomic E-state index is 3.72. The molecule has 0 aliphatic carbocycles. The Hall–Kier alpha value is -0.0800. The number of hydrogen-bond donors (Lipinski definition) is 1. The van der Waals surface area contributed by atoms with Crippen molar-refractivity contribution < 1.29 is 0 Å². The molecule has 0 aromatic carbocycles. The summed E-state index contributed by atoms with van der Waals surface area (Å²) >= 11 is 0.